The normalized spacial score (nSPS) is 20.9. The smallest absolute Gasteiger partial charge is 0.261 e. The third-order valence-electron chi connectivity index (χ3n) is 3.72. The number of hydrogen-bond acceptors (Lipinski definition) is 4. The molecule has 5 heteroatoms. The number of hydrogen-bond donors (Lipinski definition) is 2. The van der Waals surface area contributed by atoms with Gasteiger partial charge in [0.05, 0.1) is 22.4 Å². The van der Waals surface area contributed by atoms with Crippen molar-refractivity contribution in [3.8, 4) is 11.8 Å². The van der Waals surface area contributed by atoms with E-state index in [9.17, 15) is 4.79 Å². The summed E-state index contributed by atoms with van der Waals surface area (Å²) >= 11 is 1.42. The topological polar surface area (TPSA) is 64.3 Å². The number of amides is 1. The summed E-state index contributed by atoms with van der Waals surface area (Å²) in [5, 5.41) is 3.02. The first kappa shape index (κ1) is 16.0. The van der Waals surface area contributed by atoms with E-state index in [1.807, 2.05) is 13.0 Å². The van der Waals surface area contributed by atoms with Gasteiger partial charge in [0.25, 0.3) is 5.91 Å². The molecule has 2 atom stereocenters. The lowest BCUT2D eigenvalue weighted by atomic mass is 10.00. The SMILES string of the molecule is CCC1OCCC1CNC(=O)c1cc(C)c(C#CCN)s1. The average Bonchev–Trinajstić information content (AvgIpc) is 3.08. The predicted molar refractivity (Wildman–Crippen MR) is 85.5 cm³/mol. The molecule has 2 heterocycles. The molecule has 1 aliphatic heterocycles. The number of ether oxygens (including phenoxy) is 1. The van der Waals surface area contributed by atoms with Crippen LogP contribution in [0.3, 0.4) is 0 Å². The Labute approximate surface area is 130 Å². The highest BCUT2D eigenvalue weighted by Crippen LogP contribution is 2.24. The van der Waals surface area contributed by atoms with E-state index in [-0.39, 0.29) is 12.0 Å². The maximum atomic E-state index is 12.2. The molecule has 0 aromatic carbocycles. The summed E-state index contributed by atoms with van der Waals surface area (Å²) in [6.45, 7) is 5.90. The van der Waals surface area contributed by atoms with Crippen LogP contribution in [0.1, 0.15) is 39.9 Å². The maximum absolute atomic E-state index is 12.2. The Balaban J connectivity index is 1.94. The molecular weight excluding hydrogens is 284 g/mol. The largest absolute Gasteiger partial charge is 0.378 e. The maximum Gasteiger partial charge on any atom is 0.261 e. The minimum absolute atomic E-state index is 0.0225. The molecule has 1 fully saturated rings. The van der Waals surface area contributed by atoms with E-state index in [0.29, 0.717) is 23.9 Å². The Bertz CT molecular complexity index is 556. The number of thiophene rings is 1. The van der Waals surface area contributed by atoms with Crippen LogP contribution in [0.2, 0.25) is 0 Å². The van der Waals surface area contributed by atoms with Crippen LogP contribution in [0.15, 0.2) is 6.07 Å². The van der Waals surface area contributed by atoms with E-state index in [1.54, 1.807) is 0 Å². The Kier molecular flexibility index (Phi) is 5.80. The molecule has 1 aromatic rings. The molecule has 1 saturated heterocycles. The number of nitrogens with two attached hydrogens (primary N) is 1. The molecule has 114 valence electrons. The van der Waals surface area contributed by atoms with Gasteiger partial charge in [-0.15, -0.1) is 11.3 Å². The highest BCUT2D eigenvalue weighted by Gasteiger charge is 2.27. The van der Waals surface area contributed by atoms with Crippen molar-refractivity contribution < 1.29 is 9.53 Å². The average molecular weight is 306 g/mol. The lowest BCUT2D eigenvalue weighted by Crippen LogP contribution is -2.32. The number of aryl methyl sites for hydroxylation is 1. The van der Waals surface area contributed by atoms with Gasteiger partial charge < -0.3 is 15.8 Å². The zero-order chi connectivity index (χ0) is 15.2. The van der Waals surface area contributed by atoms with Crippen LogP contribution in [0.25, 0.3) is 0 Å². The van der Waals surface area contributed by atoms with Crippen molar-refractivity contribution in [2.24, 2.45) is 11.7 Å². The van der Waals surface area contributed by atoms with Crippen molar-refractivity contribution in [3.63, 3.8) is 0 Å². The fourth-order valence-corrected chi connectivity index (χ4v) is 3.50. The number of carbonyl (C=O) groups excluding carboxylic acids is 1. The highest BCUT2D eigenvalue weighted by molar-refractivity contribution is 7.14. The van der Waals surface area contributed by atoms with E-state index in [4.69, 9.17) is 10.5 Å². The molecule has 0 aliphatic carbocycles. The molecule has 0 spiro atoms. The third-order valence-corrected chi connectivity index (χ3v) is 4.87. The first-order valence-corrected chi connectivity index (χ1v) is 8.16. The van der Waals surface area contributed by atoms with Gasteiger partial charge in [-0.05, 0) is 31.4 Å². The van der Waals surface area contributed by atoms with Crippen LogP contribution in [-0.2, 0) is 4.74 Å². The highest BCUT2D eigenvalue weighted by atomic mass is 32.1. The molecule has 4 nitrogen and oxygen atoms in total. The third kappa shape index (κ3) is 4.07. The van der Waals surface area contributed by atoms with Gasteiger partial charge in [-0.2, -0.15) is 0 Å². The first-order chi connectivity index (χ1) is 10.2. The molecule has 1 aliphatic rings. The van der Waals surface area contributed by atoms with Gasteiger partial charge in [0, 0.05) is 19.1 Å². The molecular formula is C16H22N2O2S. The van der Waals surface area contributed by atoms with Gasteiger partial charge in [0.15, 0.2) is 0 Å². The van der Waals surface area contributed by atoms with Crippen molar-refractivity contribution in [2.45, 2.75) is 32.8 Å². The molecule has 21 heavy (non-hydrogen) atoms. The lowest BCUT2D eigenvalue weighted by Gasteiger charge is -2.16. The molecule has 0 bridgehead atoms. The summed E-state index contributed by atoms with van der Waals surface area (Å²) in [6, 6.07) is 1.89. The molecule has 1 amide bonds. The zero-order valence-corrected chi connectivity index (χ0v) is 13.4. The van der Waals surface area contributed by atoms with Gasteiger partial charge in [-0.1, -0.05) is 18.8 Å². The molecule has 1 aromatic heterocycles. The van der Waals surface area contributed by atoms with E-state index in [0.717, 1.165) is 29.9 Å². The Morgan fingerprint density at radius 2 is 2.43 bits per heavy atom. The van der Waals surface area contributed by atoms with Crippen LogP contribution in [-0.4, -0.2) is 31.7 Å². The van der Waals surface area contributed by atoms with Crippen LogP contribution < -0.4 is 11.1 Å². The van der Waals surface area contributed by atoms with Crippen molar-refractivity contribution in [3.05, 3.63) is 21.4 Å². The van der Waals surface area contributed by atoms with Gasteiger partial charge in [0.1, 0.15) is 0 Å². The van der Waals surface area contributed by atoms with Crippen LogP contribution >= 0.6 is 11.3 Å². The second kappa shape index (κ2) is 7.60. The summed E-state index contributed by atoms with van der Waals surface area (Å²) in [4.78, 5) is 13.8. The molecule has 2 unspecified atom stereocenters. The summed E-state index contributed by atoms with van der Waals surface area (Å²) in [7, 11) is 0. The minimum Gasteiger partial charge on any atom is -0.378 e. The Morgan fingerprint density at radius 1 is 1.62 bits per heavy atom. The minimum atomic E-state index is -0.0225. The number of rotatable bonds is 4. The van der Waals surface area contributed by atoms with E-state index in [1.165, 1.54) is 11.3 Å². The van der Waals surface area contributed by atoms with Gasteiger partial charge in [-0.25, -0.2) is 0 Å². The number of carbonyl (C=O) groups is 1. The predicted octanol–water partition coefficient (Wildman–Crippen LogP) is 1.91. The van der Waals surface area contributed by atoms with Crippen LogP contribution in [0.5, 0.6) is 0 Å². The fourth-order valence-electron chi connectivity index (χ4n) is 2.54. The van der Waals surface area contributed by atoms with E-state index < -0.39 is 0 Å². The van der Waals surface area contributed by atoms with E-state index >= 15 is 0 Å². The quantitative estimate of drug-likeness (QED) is 0.835. The molecule has 0 radical (unpaired) electrons. The summed E-state index contributed by atoms with van der Waals surface area (Å²) in [5.74, 6) is 6.24. The molecule has 3 N–H and O–H groups in total. The van der Waals surface area contributed by atoms with Crippen LogP contribution in [0.4, 0.5) is 0 Å². The zero-order valence-electron chi connectivity index (χ0n) is 12.6. The summed E-state index contributed by atoms with van der Waals surface area (Å²) in [5.41, 5.74) is 6.41. The van der Waals surface area contributed by atoms with E-state index in [2.05, 4.69) is 24.1 Å². The molecule has 2 rings (SSSR count). The van der Waals surface area contributed by atoms with Gasteiger partial charge in [-0.3, -0.25) is 4.79 Å². The summed E-state index contributed by atoms with van der Waals surface area (Å²) in [6.07, 6.45) is 2.30. The standard InChI is InChI=1S/C16H22N2O2S/c1-3-13-12(6-8-20-13)10-18-16(19)15-9-11(2)14(21-15)5-4-7-17/h9,12-13H,3,6-8,10,17H2,1-2H3,(H,18,19). The fraction of sp³-hybridized carbons (Fsp3) is 0.562. The van der Waals surface area contributed by atoms with Gasteiger partial charge >= 0.3 is 0 Å². The van der Waals surface area contributed by atoms with Gasteiger partial charge in [0.2, 0.25) is 0 Å². The Morgan fingerprint density at radius 3 is 3.14 bits per heavy atom. The van der Waals surface area contributed by atoms with Crippen molar-refractivity contribution in [1.29, 1.82) is 0 Å². The monoisotopic (exact) mass is 306 g/mol. The number of nitrogens with one attached hydrogen (secondary N) is 1. The molecule has 0 saturated carbocycles. The Hall–Kier alpha value is -1.35. The second-order valence-corrected chi connectivity index (χ2v) is 6.26. The van der Waals surface area contributed by atoms with Crippen molar-refractivity contribution in [1.82, 2.24) is 5.32 Å². The van der Waals surface area contributed by atoms with Crippen LogP contribution in [0, 0.1) is 24.7 Å². The second-order valence-electron chi connectivity index (χ2n) is 5.20. The lowest BCUT2D eigenvalue weighted by molar-refractivity contribution is 0.0828. The first-order valence-electron chi connectivity index (χ1n) is 7.34. The van der Waals surface area contributed by atoms with Crippen molar-refractivity contribution >= 4 is 17.2 Å². The van der Waals surface area contributed by atoms with Crippen molar-refractivity contribution in [2.75, 3.05) is 19.7 Å². The summed E-state index contributed by atoms with van der Waals surface area (Å²) < 4.78 is 5.64.